The Morgan fingerprint density at radius 2 is 2.11 bits per heavy atom. The fourth-order valence-corrected chi connectivity index (χ4v) is 1.31. The van der Waals surface area contributed by atoms with E-state index in [2.05, 4.69) is 10.1 Å². The van der Waals surface area contributed by atoms with Gasteiger partial charge in [0.1, 0.15) is 18.0 Å². The molecule has 18 heavy (non-hydrogen) atoms. The Morgan fingerprint density at radius 3 is 2.67 bits per heavy atom. The van der Waals surface area contributed by atoms with Crippen LogP contribution in [0, 0.1) is 5.82 Å². The fraction of sp³-hybridized carbons (Fsp3) is 0.200. The van der Waals surface area contributed by atoms with E-state index in [0.717, 1.165) is 6.07 Å². The van der Waals surface area contributed by atoms with Gasteiger partial charge < -0.3 is 26.6 Å². The SMILES string of the molecule is NC(=O)OCCNc1ccc(F)c(N)c1C(=O)O. The first-order valence-electron chi connectivity index (χ1n) is 4.91. The van der Waals surface area contributed by atoms with Crippen LogP contribution >= 0.6 is 0 Å². The third-order valence-electron chi connectivity index (χ3n) is 2.07. The summed E-state index contributed by atoms with van der Waals surface area (Å²) in [6.07, 6.45) is -0.936. The molecule has 0 atom stereocenters. The van der Waals surface area contributed by atoms with E-state index in [9.17, 15) is 14.0 Å². The number of hydrogen-bond donors (Lipinski definition) is 4. The first-order chi connectivity index (χ1) is 8.43. The molecule has 0 bridgehead atoms. The lowest BCUT2D eigenvalue weighted by Crippen LogP contribution is -2.19. The molecule has 0 aliphatic rings. The highest BCUT2D eigenvalue weighted by Crippen LogP contribution is 2.24. The van der Waals surface area contributed by atoms with Crippen molar-refractivity contribution in [1.82, 2.24) is 0 Å². The lowest BCUT2D eigenvalue weighted by molar-refractivity contribution is 0.0698. The number of hydrogen-bond acceptors (Lipinski definition) is 5. The average Bonchev–Trinajstić information content (AvgIpc) is 2.28. The Morgan fingerprint density at radius 1 is 1.44 bits per heavy atom. The summed E-state index contributed by atoms with van der Waals surface area (Å²) >= 11 is 0. The number of primary amides is 1. The highest BCUT2D eigenvalue weighted by Gasteiger charge is 2.17. The molecular weight excluding hydrogens is 245 g/mol. The number of halogens is 1. The Labute approximate surface area is 102 Å². The standard InChI is InChI=1S/C10H12FN3O4/c11-5-1-2-6(7(8(5)12)9(15)16)14-3-4-18-10(13)17/h1-2,14H,3-4,12H2,(H2,13,17)(H,15,16). The van der Waals surface area contributed by atoms with Crippen molar-refractivity contribution in [3.63, 3.8) is 0 Å². The molecule has 0 aliphatic heterocycles. The van der Waals surface area contributed by atoms with Crippen molar-refractivity contribution in [2.75, 3.05) is 24.2 Å². The smallest absolute Gasteiger partial charge is 0.404 e. The second-order valence-corrected chi connectivity index (χ2v) is 3.28. The summed E-state index contributed by atoms with van der Waals surface area (Å²) in [6.45, 7) is 0.0694. The molecule has 0 radical (unpaired) electrons. The lowest BCUT2D eigenvalue weighted by Gasteiger charge is -2.11. The van der Waals surface area contributed by atoms with Crippen molar-refractivity contribution in [1.29, 1.82) is 0 Å². The summed E-state index contributed by atoms with van der Waals surface area (Å²) in [4.78, 5) is 21.2. The van der Waals surface area contributed by atoms with Gasteiger partial charge in [0.05, 0.1) is 11.4 Å². The van der Waals surface area contributed by atoms with Gasteiger partial charge in [-0.25, -0.2) is 14.0 Å². The molecule has 0 aliphatic carbocycles. The molecule has 0 aromatic heterocycles. The Hall–Kier alpha value is -2.51. The second-order valence-electron chi connectivity index (χ2n) is 3.28. The maximum absolute atomic E-state index is 13.1. The van der Waals surface area contributed by atoms with E-state index in [-0.39, 0.29) is 24.4 Å². The van der Waals surface area contributed by atoms with Gasteiger partial charge in [-0.3, -0.25) is 0 Å². The molecule has 6 N–H and O–H groups in total. The van der Waals surface area contributed by atoms with E-state index >= 15 is 0 Å². The van der Waals surface area contributed by atoms with Crippen molar-refractivity contribution < 1.29 is 23.8 Å². The molecule has 0 saturated carbocycles. The molecule has 98 valence electrons. The predicted octanol–water partition coefficient (Wildman–Crippen LogP) is 0.613. The van der Waals surface area contributed by atoms with Crippen molar-refractivity contribution in [2.24, 2.45) is 5.73 Å². The molecule has 8 heteroatoms. The highest BCUT2D eigenvalue weighted by atomic mass is 19.1. The van der Waals surface area contributed by atoms with E-state index in [1.807, 2.05) is 0 Å². The van der Waals surface area contributed by atoms with Crippen LogP contribution in [0.5, 0.6) is 0 Å². The Bertz CT molecular complexity index is 478. The molecular formula is C10H12FN3O4. The van der Waals surface area contributed by atoms with Crippen LogP contribution in [0.3, 0.4) is 0 Å². The number of rotatable bonds is 5. The Kier molecular flexibility index (Phi) is 4.30. The molecule has 0 heterocycles. The van der Waals surface area contributed by atoms with Crippen molar-refractivity contribution in [3.8, 4) is 0 Å². The van der Waals surface area contributed by atoms with Gasteiger partial charge >= 0.3 is 12.1 Å². The maximum Gasteiger partial charge on any atom is 0.404 e. The van der Waals surface area contributed by atoms with E-state index in [0.29, 0.717) is 0 Å². The predicted molar refractivity (Wildman–Crippen MR) is 61.8 cm³/mol. The van der Waals surface area contributed by atoms with E-state index in [4.69, 9.17) is 16.6 Å². The van der Waals surface area contributed by atoms with E-state index in [1.54, 1.807) is 0 Å². The van der Waals surface area contributed by atoms with Crippen LogP contribution in [0.1, 0.15) is 10.4 Å². The molecule has 7 nitrogen and oxygen atoms in total. The minimum atomic E-state index is -1.36. The first kappa shape index (κ1) is 13.6. The molecule has 1 rings (SSSR count). The molecule has 0 fully saturated rings. The molecule has 0 spiro atoms. The lowest BCUT2D eigenvalue weighted by atomic mass is 10.1. The average molecular weight is 257 g/mol. The zero-order valence-corrected chi connectivity index (χ0v) is 9.27. The number of aromatic carboxylic acids is 1. The largest absolute Gasteiger partial charge is 0.478 e. The van der Waals surface area contributed by atoms with Gasteiger partial charge in [-0.1, -0.05) is 0 Å². The van der Waals surface area contributed by atoms with Gasteiger partial charge in [-0.05, 0) is 12.1 Å². The van der Waals surface area contributed by atoms with Crippen molar-refractivity contribution >= 4 is 23.4 Å². The third-order valence-corrected chi connectivity index (χ3v) is 2.07. The van der Waals surface area contributed by atoms with Gasteiger partial charge in [0.2, 0.25) is 0 Å². The van der Waals surface area contributed by atoms with Crippen LogP contribution in [-0.4, -0.2) is 30.3 Å². The monoisotopic (exact) mass is 257 g/mol. The van der Waals surface area contributed by atoms with Gasteiger partial charge in [0.15, 0.2) is 0 Å². The molecule has 0 saturated heterocycles. The van der Waals surface area contributed by atoms with Crippen molar-refractivity contribution in [3.05, 3.63) is 23.5 Å². The normalized spacial score (nSPS) is 9.83. The van der Waals surface area contributed by atoms with Crippen LogP contribution in [-0.2, 0) is 4.74 Å². The third kappa shape index (κ3) is 3.24. The van der Waals surface area contributed by atoms with Crippen molar-refractivity contribution in [2.45, 2.75) is 0 Å². The second kappa shape index (κ2) is 5.71. The molecule has 0 unspecified atom stereocenters. The summed E-state index contributed by atoms with van der Waals surface area (Å²) in [6, 6.07) is 2.28. The summed E-state index contributed by atoms with van der Waals surface area (Å²) in [5.41, 5.74) is 9.39. The molecule has 1 amide bonds. The zero-order chi connectivity index (χ0) is 13.7. The first-order valence-corrected chi connectivity index (χ1v) is 4.91. The molecule has 1 aromatic carbocycles. The minimum absolute atomic E-state index is 0.0499. The number of nitrogens with one attached hydrogen (secondary N) is 1. The van der Waals surface area contributed by atoms with Crippen LogP contribution < -0.4 is 16.8 Å². The number of anilines is 2. The fourth-order valence-electron chi connectivity index (χ4n) is 1.31. The number of benzene rings is 1. The summed E-state index contributed by atoms with van der Waals surface area (Å²) in [5, 5.41) is 11.6. The number of carbonyl (C=O) groups is 2. The van der Waals surface area contributed by atoms with Crippen LogP contribution in [0.15, 0.2) is 12.1 Å². The zero-order valence-electron chi connectivity index (χ0n) is 9.27. The van der Waals surface area contributed by atoms with Gasteiger partial charge in [-0.15, -0.1) is 0 Å². The number of amides is 1. The summed E-state index contributed by atoms with van der Waals surface area (Å²) in [5.74, 6) is -2.17. The number of carboxylic acids is 1. The summed E-state index contributed by atoms with van der Waals surface area (Å²) < 4.78 is 17.6. The van der Waals surface area contributed by atoms with Crippen LogP contribution in [0.2, 0.25) is 0 Å². The summed E-state index contributed by atoms with van der Waals surface area (Å²) in [7, 11) is 0. The quantitative estimate of drug-likeness (QED) is 0.452. The minimum Gasteiger partial charge on any atom is -0.478 e. The number of carboxylic acid groups (broad SMARTS) is 1. The molecule has 1 aromatic rings. The van der Waals surface area contributed by atoms with E-state index < -0.39 is 23.6 Å². The topological polar surface area (TPSA) is 128 Å². The number of nitrogen functional groups attached to an aromatic ring is 1. The number of nitrogens with two attached hydrogens (primary N) is 2. The van der Waals surface area contributed by atoms with E-state index in [1.165, 1.54) is 6.07 Å². The Balaban J connectivity index is 2.79. The van der Waals surface area contributed by atoms with Crippen LogP contribution in [0.4, 0.5) is 20.6 Å². The highest BCUT2D eigenvalue weighted by molar-refractivity contribution is 6.00. The number of carbonyl (C=O) groups excluding carboxylic acids is 1. The number of ether oxygens (including phenoxy) is 1. The van der Waals surface area contributed by atoms with Gasteiger partial charge in [0, 0.05) is 6.54 Å². The van der Waals surface area contributed by atoms with Gasteiger partial charge in [0.25, 0.3) is 0 Å². The van der Waals surface area contributed by atoms with Crippen LogP contribution in [0.25, 0.3) is 0 Å². The maximum atomic E-state index is 13.1. The van der Waals surface area contributed by atoms with Gasteiger partial charge in [-0.2, -0.15) is 0 Å².